The second-order valence-electron chi connectivity index (χ2n) is 6.78. The van der Waals surface area contributed by atoms with E-state index in [9.17, 15) is 0 Å². The van der Waals surface area contributed by atoms with Gasteiger partial charge in [-0.3, -0.25) is 4.68 Å². The minimum Gasteiger partial charge on any atom is -0.377 e. The summed E-state index contributed by atoms with van der Waals surface area (Å²) in [4.78, 5) is 10.4. The van der Waals surface area contributed by atoms with Gasteiger partial charge in [-0.1, -0.05) is 5.16 Å². The molecule has 0 bridgehead atoms. The Labute approximate surface area is 155 Å². The third kappa shape index (κ3) is 2.60. The normalized spacial score (nSPS) is 17.7. The predicted molar refractivity (Wildman–Crippen MR) is 101 cm³/mol. The molecule has 0 amide bonds. The fraction of sp³-hybridized carbons (Fsp3) is 0.316. The minimum atomic E-state index is 0.247. The summed E-state index contributed by atoms with van der Waals surface area (Å²) in [5.41, 5.74) is 4.88. The summed E-state index contributed by atoms with van der Waals surface area (Å²) in [6.07, 6.45) is 3.65. The zero-order valence-electron chi connectivity index (χ0n) is 15.2. The topological polar surface area (TPSA) is 85.0 Å². The van der Waals surface area contributed by atoms with Crippen molar-refractivity contribution in [3.63, 3.8) is 0 Å². The number of anilines is 1. The molecule has 0 radical (unpaired) electrons. The quantitative estimate of drug-likeness (QED) is 0.602. The van der Waals surface area contributed by atoms with E-state index in [4.69, 9.17) is 14.2 Å². The first kappa shape index (κ1) is 16.1. The minimum absolute atomic E-state index is 0.247. The van der Waals surface area contributed by atoms with Crippen molar-refractivity contribution in [1.82, 2.24) is 24.9 Å². The molecule has 0 spiro atoms. The molecular formula is C19H20N6O2. The molecule has 1 fully saturated rings. The molecule has 0 aromatic carbocycles. The molecule has 4 aromatic rings. The number of H-pyrrole nitrogens is 1. The van der Waals surface area contributed by atoms with Crippen molar-refractivity contribution in [3.05, 3.63) is 36.7 Å². The van der Waals surface area contributed by atoms with Crippen LogP contribution < -0.4 is 4.90 Å². The summed E-state index contributed by atoms with van der Waals surface area (Å²) < 4.78 is 13.2. The van der Waals surface area contributed by atoms with Crippen LogP contribution in [0.5, 0.6) is 0 Å². The van der Waals surface area contributed by atoms with Crippen molar-refractivity contribution in [2.75, 3.05) is 24.7 Å². The molecule has 5 heterocycles. The molecule has 4 aromatic heterocycles. The number of nitrogens with zero attached hydrogens (tertiary/aromatic N) is 5. The van der Waals surface area contributed by atoms with Gasteiger partial charge in [-0.05, 0) is 31.2 Å². The number of hydrogen-bond donors (Lipinski definition) is 1. The lowest BCUT2D eigenvalue weighted by molar-refractivity contribution is 0.0986. The maximum atomic E-state index is 5.74. The van der Waals surface area contributed by atoms with Gasteiger partial charge in [0.2, 0.25) is 0 Å². The summed E-state index contributed by atoms with van der Waals surface area (Å²) in [7, 11) is 1.92. The number of rotatable bonds is 3. The first-order valence-electron chi connectivity index (χ1n) is 8.99. The number of aromatic amines is 1. The van der Waals surface area contributed by atoms with Gasteiger partial charge in [-0.25, -0.2) is 4.98 Å². The lowest BCUT2D eigenvalue weighted by atomic mass is 10.1. The Hall–Kier alpha value is -3.13. The molecule has 0 saturated carbocycles. The molecule has 27 heavy (non-hydrogen) atoms. The maximum absolute atomic E-state index is 5.74. The van der Waals surface area contributed by atoms with E-state index in [1.54, 1.807) is 6.20 Å². The Kier molecular flexibility index (Phi) is 3.71. The Bertz CT molecular complexity index is 1080. The number of fused-ring (bicyclic) bond motifs is 1. The van der Waals surface area contributed by atoms with Crippen LogP contribution in [0.3, 0.4) is 0 Å². The van der Waals surface area contributed by atoms with Gasteiger partial charge in [0.05, 0.1) is 36.2 Å². The lowest BCUT2D eigenvalue weighted by Crippen LogP contribution is -2.44. The molecule has 5 rings (SSSR count). The molecule has 1 aliphatic rings. The summed E-state index contributed by atoms with van der Waals surface area (Å²) in [6.45, 7) is 4.33. The number of aromatic nitrogens is 5. The SMILES string of the molecule is C[C@@H]1COCCN1c1cc(-c2ccnn2C)c2onc(-c3ccc[nH]3)c2n1. The summed E-state index contributed by atoms with van der Waals surface area (Å²) in [5.74, 6) is 0.894. The van der Waals surface area contributed by atoms with E-state index in [1.165, 1.54) is 0 Å². The van der Waals surface area contributed by atoms with E-state index in [2.05, 4.69) is 33.1 Å². The van der Waals surface area contributed by atoms with Gasteiger partial charge in [0.15, 0.2) is 11.3 Å². The number of morpholine rings is 1. The first-order valence-corrected chi connectivity index (χ1v) is 8.99. The first-order chi connectivity index (χ1) is 13.2. The van der Waals surface area contributed by atoms with E-state index in [-0.39, 0.29) is 6.04 Å². The number of hydrogen-bond acceptors (Lipinski definition) is 6. The summed E-state index contributed by atoms with van der Waals surface area (Å²) >= 11 is 0. The van der Waals surface area contributed by atoms with Crippen LogP contribution in [0.25, 0.3) is 33.7 Å². The third-order valence-corrected chi connectivity index (χ3v) is 5.02. The van der Waals surface area contributed by atoms with Gasteiger partial charge >= 0.3 is 0 Å². The van der Waals surface area contributed by atoms with Crippen LogP contribution in [0.2, 0.25) is 0 Å². The van der Waals surface area contributed by atoms with E-state index in [1.807, 2.05) is 36.1 Å². The highest BCUT2D eigenvalue weighted by atomic mass is 16.5. The summed E-state index contributed by atoms with van der Waals surface area (Å²) in [5, 5.41) is 8.61. The molecule has 0 aliphatic carbocycles. The van der Waals surface area contributed by atoms with Gasteiger partial charge in [0.25, 0.3) is 0 Å². The molecule has 138 valence electrons. The van der Waals surface area contributed by atoms with Gasteiger partial charge in [0, 0.05) is 26.0 Å². The third-order valence-electron chi connectivity index (χ3n) is 5.02. The zero-order chi connectivity index (χ0) is 18.4. The van der Waals surface area contributed by atoms with Gasteiger partial charge in [0.1, 0.15) is 11.3 Å². The van der Waals surface area contributed by atoms with Gasteiger partial charge in [-0.2, -0.15) is 5.10 Å². The molecule has 1 N–H and O–H groups in total. The molecule has 1 saturated heterocycles. The average Bonchev–Trinajstić information content (AvgIpc) is 3.41. The largest absolute Gasteiger partial charge is 0.377 e. The van der Waals surface area contributed by atoms with Crippen molar-refractivity contribution >= 4 is 16.9 Å². The standard InChI is InChI=1S/C19H20N6O2/c1-12-11-26-9-8-25(12)16-10-13(15-5-7-21-24(15)2)19-18(22-16)17(23-27-19)14-4-3-6-20-14/h3-7,10,12,20H,8-9,11H2,1-2H3/t12-/m1/s1. The number of pyridine rings is 1. The average molecular weight is 364 g/mol. The monoisotopic (exact) mass is 364 g/mol. The maximum Gasteiger partial charge on any atom is 0.195 e. The second-order valence-corrected chi connectivity index (χ2v) is 6.78. The fourth-order valence-corrected chi connectivity index (χ4v) is 3.60. The van der Waals surface area contributed by atoms with E-state index < -0.39 is 0 Å². The molecule has 8 heteroatoms. The lowest BCUT2D eigenvalue weighted by Gasteiger charge is -2.34. The smallest absolute Gasteiger partial charge is 0.195 e. The number of ether oxygens (including phenoxy) is 1. The van der Waals surface area contributed by atoms with Crippen LogP contribution in [0, 0.1) is 0 Å². The summed E-state index contributed by atoms with van der Waals surface area (Å²) in [6, 6.07) is 8.18. The molecule has 0 unspecified atom stereocenters. The van der Waals surface area contributed by atoms with Crippen molar-refractivity contribution < 1.29 is 9.26 Å². The predicted octanol–water partition coefficient (Wildman–Crippen LogP) is 2.84. The van der Waals surface area contributed by atoms with Crippen molar-refractivity contribution in [1.29, 1.82) is 0 Å². The molecule has 1 aliphatic heterocycles. The van der Waals surface area contributed by atoms with Crippen molar-refractivity contribution in [2.24, 2.45) is 7.05 Å². The fourth-order valence-electron chi connectivity index (χ4n) is 3.60. The Balaban J connectivity index is 1.76. The Morgan fingerprint density at radius 1 is 1.30 bits per heavy atom. The van der Waals surface area contributed by atoms with Crippen LogP contribution >= 0.6 is 0 Å². The van der Waals surface area contributed by atoms with Crippen LogP contribution in [0.4, 0.5) is 5.82 Å². The molecular weight excluding hydrogens is 344 g/mol. The van der Waals surface area contributed by atoms with Crippen LogP contribution in [0.15, 0.2) is 41.2 Å². The highest BCUT2D eigenvalue weighted by Gasteiger charge is 2.25. The van der Waals surface area contributed by atoms with E-state index >= 15 is 0 Å². The van der Waals surface area contributed by atoms with Crippen molar-refractivity contribution in [2.45, 2.75) is 13.0 Å². The number of aryl methyl sites for hydroxylation is 1. The second kappa shape index (κ2) is 6.24. The Morgan fingerprint density at radius 2 is 2.22 bits per heavy atom. The highest BCUT2D eigenvalue weighted by molar-refractivity contribution is 5.97. The van der Waals surface area contributed by atoms with Gasteiger partial charge < -0.3 is 19.1 Å². The van der Waals surface area contributed by atoms with Crippen LogP contribution in [-0.4, -0.2) is 50.7 Å². The van der Waals surface area contributed by atoms with Crippen LogP contribution in [0.1, 0.15) is 6.92 Å². The molecule has 1 atom stereocenters. The highest BCUT2D eigenvalue weighted by Crippen LogP contribution is 2.36. The number of nitrogens with one attached hydrogen (secondary N) is 1. The van der Waals surface area contributed by atoms with Gasteiger partial charge in [-0.15, -0.1) is 0 Å². The zero-order valence-corrected chi connectivity index (χ0v) is 15.2. The van der Waals surface area contributed by atoms with E-state index in [0.717, 1.165) is 34.8 Å². The van der Waals surface area contributed by atoms with Crippen LogP contribution in [-0.2, 0) is 11.8 Å². The van der Waals surface area contributed by atoms with Crippen molar-refractivity contribution in [3.8, 4) is 22.6 Å². The molecule has 8 nitrogen and oxygen atoms in total. The van der Waals surface area contributed by atoms with E-state index in [0.29, 0.717) is 24.5 Å². The Morgan fingerprint density at radius 3 is 2.96 bits per heavy atom.